The number of hydrogen-bond acceptors (Lipinski definition) is 5. The Morgan fingerprint density at radius 3 is 2.30 bits per heavy atom. The summed E-state index contributed by atoms with van der Waals surface area (Å²) in [5.41, 5.74) is -2.39. The van der Waals surface area contributed by atoms with Gasteiger partial charge in [-0.25, -0.2) is 19.9 Å². The van der Waals surface area contributed by atoms with E-state index in [1.807, 2.05) is 0 Å². The van der Waals surface area contributed by atoms with Gasteiger partial charge in [-0.1, -0.05) is 6.92 Å². The third-order valence-corrected chi connectivity index (χ3v) is 4.42. The number of pyridine rings is 1. The molecule has 3 heterocycles. The number of fused-ring (bicyclic) bond motifs is 1. The van der Waals surface area contributed by atoms with Crippen molar-refractivity contribution < 1.29 is 26.3 Å². The van der Waals surface area contributed by atoms with Gasteiger partial charge in [-0.3, -0.25) is 0 Å². The molecule has 0 aliphatic rings. The molecule has 0 atom stereocenters. The molecule has 3 aromatic rings. The molecule has 0 fully saturated rings. The minimum absolute atomic E-state index is 0.0497. The van der Waals surface area contributed by atoms with Gasteiger partial charge in [0.1, 0.15) is 16.2 Å². The van der Waals surface area contributed by atoms with Crippen LogP contribution in [0.2, 0.25) is 0 Å². The van der Waals surface area contributed by atoms with Crippen molar-refractivity contribution in [3.8, 4) is 11.5 Å². The molecule has 0 N–H and O–H groups in total. The van der Waals surface area contributed by atoms with Crippen LogP contribution in [0.3, 0.4) is 0 Å². The van der Waals surface area contributed by atoms with Gasteiger partial charge < -0.3 is 4.57 Å². The first-order valence-electron chi connectivity index (χ1n) is 7.49. The molecule has 12 heteroatoms. The average Bonchev–Trinajstić information content (AvgIpc) is 2.90. The number of rotatable bonds is 3. The van der Waals surface area contributed by atoms with Crippen LogP contribution in [0.4, 0.5) is 26.3 Å². The number of thioether (sulfide) groups is 1. The molecule has 3 aromatic heterocycles. The average molecular weight is 407 g/mol. The van der Waals surface area contributed by atoms with Gasteiger partial charge in [-0.15, -0.1) is 11.8 Å². The lowest BCUT2D eigenvalue weighted by Gasteiger charge is -2.10. The maximum absolute atomic E-state index is 13.0. The summed E-state index contributed by atoms with van der Waals surface area (Å²) in [6, 6.07) is 0.791. The summed E-state index contributed by atoms with van der Waals surface area (Å²) in [4.78, 5) is 15.2. The normalized spacial score (nSPS) is 12.7. The van der Waals surface area contributed by atoms with E-state index in [4.69, 9.17) is 0 Å². The molecule has 0 spiro atoms. The molecule has 0 bridgehead atoms. The lowest BCUT2D eigenvalue weighted by Crippen LogP contribution is -2.11. The second-order valence-corrected chi connectivity index (χ2v) is 6.65. The Morgan fingerprint density at radius 1 is 1.00 bits per heavy atom. The molecule has 3 rings (SSSR count). The minimum atomic E-state index is -4.72. The van der Waals surface area contributed by atoms with Crippen molar-refractivity contribution in [2.24, 2.45) is 7.05 Å². The number of aromatic nitrogens is 5. The molecule has 0 saturated heterocycles. The number of aryl methyl sites for hydroxylation is 1. The molecule has 0 unspecified atom stereocenters. The van der Waals surface area contributed by atoms with Crippen LogP contribution in [0.15, 0.2) is 23.5 Å². The molecule has 0 amide bonds. The Labute approximate surface area is 152 Å². The summed E-state index contributed by atoms with van der Waals surface area (Å²) in [6.45, 7) is 1.78. The van der Waals surface area contributed by atoms with Gasteiger partial charge in [0, 0.05) is 13.2 Å². The summed E-state index contributed by atoms with van der Waals surface area (Å²) < 4.78 is 78.9. The molecule has 0 aliphatic carbocycles. The first kappa shape index (κ1) is 19.4. The Hall–Kier alpha value is -2.37. The Kier molecular flexibility index (Phi) is 4.78. The Bertz CT molecular complexity index is 995. The van der Waals surface area contributed by atoms with Crippen molar-refractivity contribution >= 4 is 22.9 Å². The number of imidazole rings is 1. The van der Waals surface area contributed by atoms with Gasteiger partial charge in [0.05, 0.1) is 11.8 Å². The van der Waals surface area contributed by atoms with Crippen LogP contribution in [-0.2, 0) is 19.4 Å². The lowest BCUT2D eigenvalue weighted by atomic mass is 10.2. The molecule has 0 aliphatic heterocycles. The van der Waals surface area contributed by atoms with Crippen LogP contribution in [0, 0.1) is 0 Å². The fourth-order valence-electron chi connectivity index (χ4n) is 2.35. The van der Waals surface area contributed by atoms with Crippen LogP contribution in [0.1, 0.15) is 18.2 Å². The second kappa shape index (κ2) is 6.66. The van der Waals surface area contributed by atoms with E-state index in [0.29, 0.717) is 18.1 Å². The molecule has 0 aromatic carbocycles. The molecular formula is C15H11F6N5S. The van der Waals surface area contributed by atoms with Gasteiger partial charge >= 0.3 is 12.4 Å². The zero-order valence-electron chi connectivity index (χ0n) is 13.9. The van der Waals surface area contributed by atoms with Gasteiger partial charge in [-0.05, 0) is 11.8 Å². The highest BCUT2D eigenvalue weighted by Crippen LogP contribution is 2.35. The maximum Gasteiger partial charge on any atom is 0.434 e. The number of halogens is 6. The topological polar surface area (TPSA) is 56.5 Å². The summed E-state index contributed by atoms with van der Waals surface area (Å²) in [5.74, 6) is 0.458. The summed E-state index contributed by atoms with van der Waals surface area (Å²) in [6.07, 6.45) is -8.07. The molecule has 0 saturated carbocycles. The van der Waals surface area contributed by atoms with Crippen molar-refractivity contribution in [1.29, 1.82) is 0 Å². The molecule has 0 radical (unpaired) electrons. The highest BCUT2D eigenvalue weighted by Gasteiger charge is 2.35. The third-order valence-electron chi connectivity index (χ3n) is 3.56. The van der Waals surface area contributed by atoms with Crippen molar-refractivity contribution in [2.75, 3.05) is 5.75 Å². The molecule has 5 nitrogen and oxygen atoms in total. The molecule has 27 heavy (non-hydrogen) atoms. The van der Waals surface area contributed by atoms with E-state index in [9.17, 15) is 26.3 Å². The molecular weight excluding hydrogens is 396 g/mol. The number of nitrogens with zero attached hydrogens (tertiary/aromatic N) is 5. The predicted octanol–water partition coefficient (Wildman–Crippen LogP) is 4.57. The monoisotopic (exact) mass is 407 g/mol. The van der Waals surface area contributed by atoms with E-state index in [-0.39, 0.29) is 27.7 Å². The van der Waals surface area contributed by atoms with Crippen molar-refractivity contribution in [1.82, 2.24) is 24.5 Å². The smallest absolute Gasteiger partial charge is 0.310 e. The minimum Gasteiger partial charge on any atom is -0.310 e. The van der Waals surface area contributed by atoms with E-state index in [1.54, 1.807) is 6.92 Å². The van der Waals surface area contributed by atoms with Crippen molar-refractivity contribution in [3.63, 3.8) is 0 Å². The SMILES string of the molecule is CCSc1ncc(C(F)(F)F)nc1-c1nc2cc(C(F)(F)F)cnc2n1C. The van der Waals surface area contributed by atoms with Crippen LogP contribution in [0.25, 0.3) is 22.7 Å². The van der Waals surface area contributed by atoms with Crippen LogP contribution < -0.4 is 0 Å². The number of hydrogen-bond donors (Lipinski definition) is 0. The second-order valence-electron chi connectivity index (χ2n) is 5.40. The summed E-state index contributed by atoms with van der Waals surface area (Å²) >= 11 is 1.15. The van der Waals surface area contributed by atoms with E-state index in [2.05, 4.69) is 19.9 Å². The first-order chi connectivity index (χ1) is 12.5. The van der Waals surface area contributed by atoms with Crippen LogP contribution >= 0.6 is 11.8 Å². The lowest BCUT2D eigenvalue weighted by molar-refractivity contribution is -0.141. The van der Waals surface area contributed by atoms with Gasteiger partial charge in [0.2, 0.25) is 0 Å². The van der Waals surface area contributed by atoms with Gasteiger partial charge in [0.25, 0.3) is 0 Å². The Balaban J connectivity index is 2.23. The largest absolute Gasteiger partial charge is 0.434 e. The van der Waals surface area contributed by atoms with E-state index in [1.165, 1.54) is 11.6 Å². The van der Waals surface area contributed by atoms with E-state index < -0.39 is 23.6 Å². The standard InChI is InChI=1S/C15H11F6N5S/c1-3-27-13-10(25-9(6-23-13)15(19,20)21)12-24-8-4-7(14(16,17)18)5-22-11(8)26(12)2/h4-6H,3H2,1-2H3. The van der Waals surface area contributed by atoms with Crippen molar-refractivity contribution in [3.05, 3.63) is 29.7 Å². The van der Waals surface area contributed by atoms with Gasteiger partial charge in [0.15, 0.2) is 17.2 Å². The fourth-order valence-corrected chi connectivity index (χ4v) is 3.02. The highest BCUT2D eigenvalue weighted by molar-refractivity contribution is 7.99. The van der Waals surface area contributed by atoms with Crippen LogP contribution in [0.5, 0.6) is 0 Å². The van der Waals surface area contributed by atoms with Crippen molar-refractivity contribution in [2.45, 2.75) is 24.3 Å². The zero-order valence-corrected chi connectivity index (χ0v) is 14.7. The van der Waals surface area contributed by atoms with Gasteiger partial charge in [-0.2, -0.15) is 26.3 Å². The first-order valence-corrected chi connectivity index (χ1v) is 8.48. The summed E-state index contributed by atoms with van der Waals surface area (Å²) in [5, 5.41) is 0.194. The number of alkyl halides is 6. The predicted molar refractivity (Wildman–Crippen MR) is 85.9 cm³/mol. The zero-order chi connectivity index (χ0) is 20.0. The van der Waals surface area contributed by atoms with E-state index >= 15 is 0 Å². The fraction of sp³-hybridized carbons (Fsp3) is 0.333. The Morgan fingerprint density at radius 2 is 1.70 bits per heavy atom. The summed E-state index contributed by atoms with van der Waals surface area (Å²) in [7, 11) is 1.44. The maximum atomic E-state index is 13.0. The molecule has 144 valence electrons. The highest BCUT2D eigenvalue weighted by atomic mass is 32.2. The van der Waals surface area contributed by atoms with E-state index in [0.717, 1.165) is 17.8 Å². The van der Waals surface area contributed by atoms with Crippen LogP contribution in [-0.4, -0.2) is 30.3 Å². The quantitative estimate of drug-likeness (QED) is 0.470. The third kappa shape index (κ3) is 3.70.